The number of para-hydroxylation sites is 1. The number of thiazole rings is 1. The number of anilines is 1. The van der Waals surface area contributed by atoms with E-state index in [0.29, 0.717) is 35.4 Å². The van der Waals surface area contributed by atoms with Crippen LogP contribution in [0.1, 0.15) is 15.9 Å². The molecule has 0 fully saturated rings. The highest BCUT2D eigenvalue weighted by atomic mass is 32.1. The van der Waals surface area contributed by atoms with E-state index in [9.17, 15) is 9.18 Å². The minimum Gasteiger partial charge on any atom is -0.370 e. The van der Waals surface area contributed by atoms with Gasteiger partial charge in [-0.2, -0.15) is 5.10 Å². The van der Waals surface area contributed by atoms with E-state index in [4.69, 9.17) is 0 Å². The number of benzene rings is 1. The number of aromatic nitrogens is 6. The summed E-state index contributed by atoms with van der Waals surface area (Å²) in [6, 6.07) is 9.10. The summed E-state index contributed by atoms with van der Waals surface area (Å²) in [6.45, 7) is 0.555. The van der Waals surface area contributed by atoms with Crippen molar-refractivity contribution in [1.29, 1.82) is 0 Å². The Hall–Kier alpha value is -4.25. The normalized spacial score (nSPS) is 11.0. The Morgan fingerprint density at radius 2 is 2.09 bits per heavy atom. The molecule has 4 aromatic heterocycles. The van der Waals surface area contributed by atoms with Crippen LogP contribution in [0.5, 0.6) is 0 Å². The number of amides is 1. The Balaban J connectivity index is 1.32. The molecule has 34 heavy (non-hydrogen) atoms. The van der Waals surface area contributed by atoms with Crippen molar-refractivity contribution in [3.63, 3.8) is 0 Å². The number of nitrogens with one attached hydrogen (secondary N) is 2. The molecule has 2 N–H and O–H groups in total. The lowest BCUT2D eigenvalue weighted by atomic mass is 10.0. The fourth-order valence-electron chi connectivity index (χ4n) is 3.61. The largest absolute Gasteiger partial charge is 0.370 e. The van der Waals surface area contributed by atoms with Gasteiger partial charge in [-0.05, 0) is 18.1 Å². The van der Waals surface area contributed by atoms with Crippen LogP contribution in [0.3, 0.4) is 0 Å². The molecular formula is C23H19FN8OS. The minimum absolute atomic E-state index is 0.000459. The van der Waals surface area contributed by atoms with E-state index < -0.39 is 11.7 Å². The van der Waals surface area contributed by atoms with Crippen LogP contribution in [0, 0.1) is 5.82 Å². The molecule has 0 aliphatic carbocycles. The van der Waals surface area contributed by atoms with Gasteiger partial charge in [-0.25, -0.2) is 24.0 Å². The van der Waals surface area contributed by atoms with Crippen molar-refractivity contribution in [3.05, 3.63) is 77.6 Å². The van der Waals surface area contributed by atoms with Crippen LogP contribution in [-0.4, -0.2) is 49.2 Å². The van der Waals surface area contributed by atoms with E-state index >= 15 is 0 Å². The summed E-state index contributed by atoms with van der Waals surface area (Å²) in [5, 5.41) is 13.1. The smallest absolute Gasteiger partial charge is 0.254 e. The zero-order valence-electron chi connectivity index (χ0n) is 18.1. The zero-order valence-corrected chi connectivity index (χ0v) is 18.9. The number of hydrogen-bond donors (Lipinski definition) is 2. The van der Waals surface area contributed by atoms with Crippen LogP contribution in [-0.2, 0) is 6.42 Å². The maximum atomic E-state index is 14.3. The maximum absolute atomic E-state index is 14.3. The zero-order chi connectivity index (χ0) is 23.5. The molecule has 1 amide bonds. The Bertz CT molecular complexity index is 1470. The average molecular weight is 475 g/mol. The third kappa shape index (κ3) is 4.20. The van der Waals surface area contributed by atoms with E-state index in [1.54, 1.807) is 23.0 Å². The van der Waals surface area contributed by atoms with Gasteiger partial charge in [0.1, 0.15) is 17.8 Å². The molecule has 0 saturated heterocycles. The number of carbonyl (C=O) groups is 1. The van der Waals surface area contributed by atoms with Gasteiger partial charge in [0.25, 0.3) is 5.91 Å². The monoisotopic (exact) mass is 474 g/mol. The number of halogens is 1. The molecule has 0 bridgehead atoms. The second-order valence-corrected chi connectivity index (χ2v) is 8.14. The van der Waals surface area contributed by atoms with Gasteiger partial charge in [-0.15, -0.1) is 11.3 Å². The number of nitrogens with zero attached hydrogens (tertiary/aromatic N) is 6. The predicted octanol–water partition coefficient (Wildman–Crippen LogP) is 3.49. The second-order valence-electron chi connectivity index (χ2n) is 7.30. The number of fused-ring (bicyclic) bond motifs is 1. The van der Waals surface area contributed by atoms with E-state index in [1.165, 1.54) is 24.7 Å². The molecule has 4 heterocycles. The molecule has 0 saturated carbocycles. The summed E-state index contributed by atoms with van der Waals surface area (Å²) in [7, 11) is 1.47. The van der Waals surface area contributed by atoms with Crippen molar-refractivity contribution in [2.75, 3.05) is 18.9 Å². The summed E-state index contributed by atoms with van der Waals surface area (Å²) in [5.74, 6) is -0.469. The van der Waals surface area contributed by atoms with E-state index in [0.717, 1.165) is 22.6 Å². The van der Waals surface area contributed by atoms with Gasteiger partial charge < -0.3 is 10.6 Å². The summed E-state index contributed by atoms with van der Waals surface area (Å²) >= 11 is 1.48. The number of carbonyl (C=O) groups excluding carboxylic acids is 1. The van der Waals surface area contributed by atoms with Crippen molar-refractivity contribution in [3.8, 4) is 16.5 Å². The third-order valence-corrected chi connectivity index (χ3v) is 6.04. The van der Waals surface area contributed by atoms with Gasteiger partial charge in [0.2, 0.25) is 5.13 Å². The van der Waals surface area contributed by atoms with Crippen LogP contribution in [0.2, 0.25) is 0 Å². The van der Waals surface area contributed by atoms with Gasteiger partial charge in [-0.3, -0.25) is 9.78 Å². The van der Waals surface area contributed by atoms with Gasteiger partial charge in [0.15, 0.2) is 5.82 Å². The molecule has 0 radical (unpaired) electrons. The fourth-order valence-corrected chi connectivity index (χ4v) is 4.36. The Morgan fingerprint density at radius 1 is 1.18 bits per heavy atom. The van der Waals surface area contributed by atoms with Crippen molar-refractivity contribution in [2.24, 2.45) is 0 Å². The van der Waals surface area contributed by atoms with Gasteiger partial charge in [0, 0.05) is 42.8 Å². The lowest BCUT2D eigenvalue weighted by Gasteiger charge is -2.11. The van der Waals surface area contributed by atoms with Crippen molar-refractivity contribution in [2.45, 2.75) is 6.42 Å². The van der Waals surface area contributed by atoms with Crippen molar-refractivity contribution in [1.82, 2.24) is 35.0 Å². The maximum Gasteiger partial charge on any atom is 0.254 e. The quantitative estimate of drug-likeness (QED) is 0.372. The standard InChI is InChI=1S/C23H19FN8OS/c1-25-22(33)20-15-5-2-4-14(21(15)27-11-16(20)24)6-8-26-19-10-17(28-13-29-19)18-12-34-23(31-18)32-9-3-7-30-32/h2-5,7,9-13H,6,8H2,1H3,(H,25,33)(H,26,28,29). The molecule has 1 aromatic carbocycles. The molecule has 0 atom stereocenters. The first kappa shape index (κ1) is 21.6. The second kappa shape index (κ2) is 9.32. The average Bonchev–Trinajstić information content (AvgIpc) is 3.56. The SMILES string of the molecule is CNC(=O)c1c(F)cnc2c(CCNc3cc(-c4csc(-n5cccn5)n4)ncn3)cccc12. The van der Waals surface area contributed by atoms with Crippen molar-refractivity contribution >= 4 is 34.0 Å². The molecule has 11 heteroatoms. The molecule has 0 aliphatic rings. The number of rotatable bonds is 7. The molecule has 9 nitrogen and oxygen atoms in total. The highest BCUT2D eigenvalue weighted by molar-refractivity contribution is 7.12. The Kier molecular flexibility index (Phi) is 5.91. The first-order valence-corrected chi connectivity index (χ1v) is 11.3. The van der Waals surface area contributed by atoms with Crippen LogP contribution in [0.25, 0.3) is 27.4 Å². The summed E-state index contributed by atoms with van der Waals surface area (Å²) < 4.78 is 16.0. The van der Waals surface area contributed by atoms with Crippen LogP contribution >= 0.6 is 11.3 Å². The molecule has 0 aliphatic heterocycles. The molecule has 5 rings (SSSR count). The van der Waals surface area contributed by atoms with Crippen molar-refractivity contribution < 1.29 is 9.18 Å². The predicted molar refractivity (Wildman–Crippen MR) is 128 cm³/mol. The number of pyridine rings is 1. The van der Waals surface area contributed by atoms with Gasteiger partial charge in [0.05, 0.1) is 23.0 Å². The van der Waals surface area contributed by atoms with Crippen LogP contribution < -0.4 is 10.6 Å². The first-order valence-electron chi connectivity index (χ1n) is 10.4. The topological polar surface area (TPSA) is 111 Å². The number of hydrogen-bond acceptors (Lipinski definition) is 8. The first-order chi connectivity index (χ1) is 16.6. The molecule has 5 aromatic rings. The summed E-state index contributed by atoms with van der Waals surface area (Å²) in [5.41, 5.74) is 2.93. The van der Waals surface area contributed by atoms with Crippen LogP contribution in [0.15, 0.2) is 60.6 Å². The Morgan fingerprint density at radius 3 is 2.91 bits per heavy atom. The summed E-state index contributed by atoms with van der Waals surface area (Å²) in [4.78, 5) is 29.6. The summed E-state index contributed by atoms with van der Waals surface area (Å²) in [6.07, 6.45) is 6.72. The third-order valence-electron chi connectivity index (χ3n) is 5.21. The highest BCUT2D eigenvalue weighted by Crippen LogP contribution is 2.25. The molecule has 170 valence electrons. The van der Waals surface area contributed by atoms with Gasteiger partial charge in [-0.1, -0.05) is 18.2 Å². The van der Waals surface area contributed by atoms with E-state index in [-0.39, 0.29) is 5.56 Å². The molecule has 0 unspecified atom stereocenters. The van der Waals surface area contributed by atoms with Gasteiger partial charge >= 0.3 is 0 Å². The fraction of sp³-hybridized carbons (Fsp3) is 0.130. The van der Waals surface area contributed by atoms with E-state index in [1.807, 2.05) is 29.8 Å². The lowest BCUT2D eigenvalue weighted by molar-refractivity contribution is 0.0961. The molecular weight excluding hydrogens is 455 g/mol. The molecule has 0 spiro atoms. The van der Waals surface area contributed by atoms with E-state index in [2.05, 4.69) is 35.7 Å². The lowest BCUT2D eigenvalue weighted by Crippen LogP contribution is -2.20. The minimum atomic E-state index is -0.645. The highest BCUT2D eigenvalue weighted by Gasteiger charge is 2.17. The Labute approximate surface area is 197 Å². The van der Waals surface area contributed by atoms with Crippen LogP contribution in [0.4, 0.5) is 10.2 Å².